The number of esters is 1. The summed E-state index contributed by atoms with van der Waals surface area (Å²) in [6.45, 7) is 1.90. The fourth-order valence-corrected chi connectivity index (χ4v) is 1.67. The molecule has 1 aromatic carbocycles. The van der Waals surface area contributed by atoms with Gasteiger partial charge < -0.3 is 4.74 Å². The van der Waals surface area contributed by atoms with Crippen LogP contribution in [0.1, 0.15) is 24.8 Å². The minimum Gasteiger partial charge on any atom is -0.469 e. The highest BCUT2D eigenvalue weighted by Gasteiger charge is 2.12. The summed E-state index contributed by atoms with van der Waals surface area (Å²) in [5.41, 5.74) is 0.911. The predicted octanol–water partition coefficient (Wildman–Crippen LogP) is 3.25. The van der Waals surface area contributed by atoms with Gasteiger partial charge in [0.15, 0.2) is 0 Å². The Hall–Kier alpha value is -0.900. The standard InChI is InChI=1S/C11H12BrFO2/c1-7(5-11(14)15-2)8-3-4-10(13)9(12)6-8/h3-4,6-7H,5H2,1-2H3. The van der Waals surface area contributed by atoms with Gasteiger partial charge in [0.1, 0.15) is 5.82 Å². The van der Waals surface area contributed by atoms with Crippen LogP contribution in [-0.4, -0.2) is 13.1 Å². The van der Waals surface area contributed by atoms with Crippen LogP contribution in [0.3, 0.4) is 0 Å². The molecule has 82 valence electrons. The first-order valence-electron chi connectivity index (χ1n) is 4.56. The molecule has 4 heteroatoms. The quantitative estimate of drug-likeness (QED) is 0.791. The molecule has 0 saturated heterocycles. The monoisotopic (exact) mass is 274 g/mol. The number of rotatable bonds is 3. The molecule has 1 atom stereocenters. The molecular weight excluding hydrogens is 263 g/mol. The highest BCUT2D eigenvalue weighted by atomic mass is 79.9. The molecule has 0 spiro atoms. The first kappa shape index (κ1) is 12.2. The molecule has 0 fully saturated rings. The summed E-state index contributed by atoms with van der Waals surface area (Å²) >= 11 is 3.11. The number of methoxy groups -OCH3 is 1. The molecule has 2 nitrogen and oxygen atoms in total. The molecule has 1 unspecified atom stereocenters. The van der Waals surface area contributed by atoms with E-state index in [9.17, 15) is 9.18 Å². The summed E-state index contributed by atoms with van der Waals surface area (Å²) in [5.74, 6) is -0.540. The highest BCUT2D eigenvalue weighted by Crippen LogP contribution is 2.24. The van der Waals surface area contributed by atoms with Crippen LogP contribution >= 0.6 is 15.9 Å². The zero-order chi connectivity index (χ0) is 11.4. The van der Waals surface area contributed by atoms with Crippen molar-refractivity contribution in [3.63, 3.8) is 0 Å². The highest BCUT2D eigenvalue weighted by molar-refractivity contribution is 9.10. The third-order valence-corrected chi connectivity index (χ3v) is 2.82. The third kappa shape index (κ3) is 3.30. The summed E-state index contributed by atoms with van der Waals surface area (Å²) in [4.78, 5) is 11.0. The van der Waals surface area contributed by atoms with Crippen LogP contribution in [0.2, 0.25) is 0 Å². The second-order valence-electron chi connectivity index (χ2n) is 3.35. The van der Waals surface area contributed by atoms with Crippen molar-refractivity contribution in [3.05, 3.63) is 34.1 Å². The average Bonchev–Trinajstić information content (AvgIpc) is 2.21. The van der Waals surface area contributed by atoms with E-state index in [1.165, 1.54) is 13.2 Å². The predicted molar refractivity (Wildman–Crippen MR) is 59.1 cm³/mol. The van der Waals surface area contributed by atoms with E-state index < -0.39 is 0 Å². The van der Waals surface area contributed by atoms with Crippen molar-refractivity contribution < 1.29 is 13.9 Å². The molecule has 0 aliphatic heterocycles. The van der Waals surface area contributed by atoms with Crippen LogP contribution in [0.4, 0.5) is 4.39 Å². The van der Waals surface area contributed by atoms with E-state index in [0.717, 1.165) is 5.56 Å². The van der Waals surface area contributed by atoms with Crippen LogP contribution in [0.5, 0.6) is 0 Å². The summed E-state index contributed by atoms with van der Waals surface area (Å²) in [5, 5.41) is 0. The van der Waals surface area contributed by atoms with Gasteiger partial charge in [0.2, 0.25) is 0 Å². The van der Waals surface area contributed by atoms with Gasteiger partial charge in [-0.1, -0.05) is 13.0 Å². The largest absolute Gasteiger partial charge is 0.469 e. The van der Waals surface area contributed by atoms with Gasteiger partial charge in [-0.2, -0.15) is 0 Å². The maximum absolute atomic E-state index is 13.0. The lowest BCUT2D eigenvalue weighted by Crippen LogP contribution is -2.06. The Balaban J connectivity index is 2.78. The lowest BCUT2D eigenvalue weighted by atomic mass is 9.98. The molecule has 1 aromatic rings. The third-order valence-electron chi connectivity index (χ3n) is 2.21. The van der Waals surface area contributed by atoms with Crippen LogP contribution < -0.4 is 0 Å². The number of carbonyl (C=O) groups excluding carboxylic acids is 1. The van der Waals surface area contributed by atoms with Gasteiger partial charge in [-0.05, 0) is 39.5 Å². The summed E-state index contributed by atoms with van der Waals surface area (Å²) in [6, 6.07) is 4.74. The molecule has 0 radical (unpaired) electrons. The maximum Gasteiger partial charge on any atom is 0.306 e. The smallest absolute Gasteiger partial charge is 0.306 e. The Morgan fingerprint density at radius 2 is 2.27 bits per heavy atom. The lowest BCUT2D eigenvalue weighted by Gasteiger charge is -2.10. The van der Waals surface area contributed by atoms with Crippen LogP contribution in [-0.2, 0) is 9.53 Å². The Labute approximate surface area is 96.6 Å². The van der Waals surface area contributed by atoms with Gasteiger partial charge >= 0.3 is 5.97 Å². The number of halogens is 2. The van der Waals surface area contributed by atoms with Gasteiger partial charge in [0, 0.05) is 0 Å². The molecule has 15 heavy (non-hydrogen) atoms. The van der Waals surface area contributed by atoms with E-state index in [0.29, 0.717) is 10.9 Å². The molecule has 0 amide bonds. The van der Waals surface area contributed by atoms with Gasteiger partial charge in [-0.15, -0.1) is 0 Å². The molecule has 0 N–H and O–H groups in total. The lowest BCUT2D eigenvalue weighted by molar-refractivity contribution is -0.140. The van der Waals surface area contributed by atoms with Gasteiger partial charge in [-0.25, -0.2) is 4.39 Å². The van der Waals surface area contributed by atoms with Crippen molar-refractivity contribution in [1.82, 2.24) is 0 Å². The summed E-state index contributed by atoms with van der Waals surface area (Å²) in [6.07, 6.45) is 0.300. The minimum absolute atomic E-state index is 0.0225. The van der Waals surface area contributed by atoms with Crippen molar-refractivity contribution in [2.75, 3.05) is 7.11 Å². The van der Waals surface area contributed by atoms with Crippen LogP contribution in [0.25, 0.3) is 0 Å². The Kier molecular flexibility index (Phi) is 4.27. The average molecular weight is 275 g/mol. The van der Waals surface area contributed by atoms with E-state index in [4.69, 9.17) is 0 Å². The Morgan fingerprint density at radius 1 is 1.60 bits per heavy atom. The number of benzene rings is 1. The maximum atomic E-state index is 13.0. The molecule has 0 saturated carbocycles. The van der Waals surface area contributed by atoms with E-state index in [-0.39, 0.29) is 17.7 Å². The summed E-state index contributed by atoms with van der Waals surface area (Å²) < 4.78 is 17.9. The van der Waals surface area contributed by atoms with Gasteiger partial charge in [0.25, 0.3) is 0 Å². The minimum atomic E-state index is -0.302. The van der Waals surface area contributed by atoms with Crippen molar-refractivity contribution in [1.29, 1.82) is 0 Å². The zero-order valence-electron chi connectivity index (χ0n) is 8.59. The number of hydrogen-bond acceptors (Lipinski definition) is 2. The fraction of sp³-hybridized carbons (Fsp3) is 0.364. The number of ether oxygens (including phenoxy) is 1. The van der Waals surface area contributed by atoms with Crippen molar-refractivity contribution in [3.8, 4) is 0 Å². The normalized spacial score (nSPS) is 12.3. The van der Waals surface area contributed by atoms with Gasteiger partial charge in [-0.3, -0.25) is 4.79 Å². The molecule has 1 rings (SSSR count). The van der Waals surface area contributed by atoms with Crippen LogP contribution in [0.15, 0.2) is 22.7 Å². The first-order valence-corrected chi connectivity index (χ1v) is 5.35. The second-order valence-corrected chi connectivity index (χ2v) is 4.21. The zero-order valence-corrected chi connectivity index (χ0v) is 10.2. The van der Waals surface area contributed by atoms with Crippen molar-refractivity contribution in [2.24, 2.45) is 0 Å². The molecular formula is C11H12BrFO2. The summed E-state index contributed by atoms with van der Waals surface area (Å²) in [7, 11) is 1.36. The molecule has 0 aromatic heterocycles. The molecule has 0 heterocycles. The SMILES string of the molecule is COC(=O)CC(C)c1ccc(F)c(Br)c1. The van der Waals surface area contributed by atoms with Gasteiger partial charge in [0.05, 0.1) is 18.0 Å². The first-order chi connectivity index (χ1) is 7.04. The number of carbonyl (C=O) groups is 1. The van der Waals surface area contributed by atoms with Crippen molar-refractivity contribution in [2.45, 2.75) is 19.3 Å². The second kappa shape index (κ2) is 5.26. The Morgan fingerprint density at radius 3 is 2.80 bits per heavy atom. The molecule has 0 bridgehead atoms. The Bertz CT molecular complexity index is 366. The molecule has 0 aliphatic carbocycles. The molecule has 0 aliphatic rings. The van der Waals surface area contributed by atoms with E-state index >= 15 is 0 Å². The van der Waals surface area contributed by atoms with E-state index in [1.54, 1.807) is 12.1 Å². The number of hydrogen-bond donors (Lipinski definition) is 0. The fourth-order valence-electron chi connectivity index (χ4n) is 1.27. The van der Waals surface area contributed by atoms with Crippen LogP contribution in [0, 0.1) is 5.82 Å². The van der Waals surface area contributed by atoms with Crippen molar-refractivity contribution >= 4 is 21.9 Å². The van der Waals surface area contributed by atoms with E-state index in [2.05, 4.69) is 20.7 Å². The van der Waals surface area contributed by atoms with E-state index in [1.807, 2.05) is 6.92 Å². The topological polar surface area (TPSA) is 26.3 Å².